The van der Waals surface area contributed by atoms with E-state index in [-0.39, 0.29) is 0 Å². The Labute approximate surface area is 74.7 Å². The van der Waals surface area contributed by atoms with Crippen LogP contribution in [0, 0.1) is 0 Å². The first-order valence-corrected chi connectivity index (χ1v) is 3.80. The first kappa shape index (κ1) is 7.72. The summed E-state index contributed by atoms with van der Waals surface area (Å²) in [6, 6.07) is 3.66. The molecule has 5 nitrogen and oxygen atoms in total. The van der Waals surface area contributed by atoms with Gasteiger partial charge < -0.3 is 4.42 Å². The van der Waals surface area contributed by atoms with Crippen LogP contribution in [0.25, 0.3) is 0 Å². The van der Waals surface area contributed by atoms with Gasteiger partial charge >= 0.3 is 0 Å². The van der Waals surface area contributed by atoms with E-state index in [1.807, 2.05) is 19.1 Å². The van der Waals surface area contributed by atoms with Gasteiger partial charge in [0.15, 0.2) is 0 Å². The molecule has 5 heteroatoms. The van der Waals surface area contributed by atoms with Crippen molar-refractivity contribution in [3.05, 3.63) is 36.8 Å². The van der Waals surface area contributed by atoms with E-state index in [2.05, 4.69) is 15.2 Å². The molecule has 0 amide bonds. The zero-order valence-corrected chi connectivity index (χ0v) is 7.08. The standard InChI is InChI=1S/C8H8N4O/c1-7(8-3-2-4-13-8)11-12-6-9-5-10-12/h2-6H,1H3/b11-7-. The quantitative estimate of drug-likeness (QED) is 0.645. The van der Waals surface area contributed by atoms with E-state index in [4.69, 9.17) is 4.42 Å². The van der Waals surface area contributed by atoms with Crippen molar-refractivity contribution in [1.82, 2.24) is 14.9 Å². The van der Waals surface area contributed by atoms with E-state index in [1.165, 1.54) is 17.4 Å². The minimum Gasteiger partial charge on any atom is -0.463 e. The molecule has 0 fully saturated rings. The molecule has 2 aromatic rings. The monoisotopic (exact) mass is 176 g/mol. The summed E-state index contributed by atoms with van der Waals surface area (Å²) >= 11 is 0. The summed E-state index contributed by atoms with van der Waals surface area (Å²) in [7, 11) is 0. The van der Waals surface area contributed by atoms with Crippen LogP contribution in [-0.2, 0) is 0 Å². The van der Waals surface area contributed by atoms with Crippen molar-refractivity contribution in [1.29, 1.82) is 0 Å². The van der Waals surface area contributed by atoms with Gasteiger partial charge in [-0.3, -0.25) is 0 Å². The minimum atomic E-state index is 0.732. The van der Waals surface area contributed by atoms with Crippen molar-refractivity contribution in [3.63, 3.8) is 0 Å². The average molecular weight is 176 g/mol. The van der Waals surface area contributed by atoms with Gasteiger partial charge in [-0.2, -0.15) is 5.10 Å². The lowest BCUT2D eigenvalue weighted by atomic mass is 10.3. The highest BCUT2D eigenvalue weighted by atomic mass is 16.3. The second kappa shape index (κ2) is 3.22. The predicted molar refractivity (Wildman–Crippen MR) is 46.3 cm³/mol. The zero-order chi connectivity index (χ0) is 9.10. The van der Waals surface area contributed by atoms with E-state index < -0.39 is 0 Å². The van der Waals surface area contributed by atoms with Crippen LogP contribution >= 0.6 is 0 Å². The smallest absolute Gasteiger partial charge is 0.149 e. The highest BCUT2D eigenvalue weighted by molar-refractivity contribution is 5.95. The van der Waals surface area contributed by atoms with Crippen LogP contribution in [0.15, 0.2) is 40.6 Å². The fraction of sp³-hybridized carbons (Fsp3) is 0.125. The molecule has 0 aliphatic carbocycles. The molecule has 0 N–H and O–H groups in total. The maximum Gasteiger partial charge on any atom is 0.149 e. The third-order valence-corrected chi connectivity index (χ3v) is 1.54. The van der Waals surface area contributed by atoms with Crippen LogP contribution in [0.3, 0.4) is 0 Å². The van der Waals surface area contributed by atoms with Crippen LogP contribution in [0.2, 0.25) is 0 Å². The Morgan fingerprint density at radius 2 is 2.54 bits per heavy atom. The van der Waals surface area contributed by atoms with Crippen molar-refractivity contribution < 1.29 is 4.42 Å². The van der Waals surface area contributed by atoms with Crippen molar-refractivity contribution in [2.24, 2.45) is 5.10 Å². The molecule has 13 heavy (non-hydrogen) atoms. The van der Waals surface area contributed by atoms with Gasteiger partial charge in [0, 0.05) is 0 Å². The van der Waals surface area contributed by atoms with Crippen LogP contribution in [0.1, 0.15) is 12.7 Å². The molecule has 2 heterocycles. The van der Waals surface area contributed by atoms with Crippen molar-refractivity contribution in [2.75, 3.05) is 0 Å². The van der Waals surface area contributed by atoms with Crippen LogP contribution in [-0.4, -0.2) is 20.6 Å². The molecule has 0 bridgehead atoms. The summed E-state index contributed by atoms with van der Waals surface area (Å²) in [6.07, 6.45) is 4.56. The van der Waals surface area contributed by atoms with Crippen LogP contribution in [0.4, 0.5) is 0 Å². The Morgan fingerprint density at radius 3 is 3.15 bits per heavy atom. The largest absolute Gasteiger partial charge is 0.463 e. The number of rotatable bonds is 2. The van der Waals surface area contributed by atoms with E-state index in [1.54, 1.807) is 6.26 Å². The van der Waals surface area contributed by atoms with E-state index in [0.717, 1.165) is 11.5 Å². The van der Waals surface area contributed by atoms with Crippen molar-refractivity contribution >= 4 is 5.71 Å². The average Bonchev–Trinajstić information content (AvgIpc) is 2.74. The van der Waals surface area contributed by atoms with Crippen LogP contribution in [0.5, 0.6) is 0 Å². The van der Waals surface area contributed by atoms with Crippen molar-refractivity contribution in [2.45, 2.75) is 6.92 Å². The number of furan rings is 1. The van der Waals surface area contributed by atoms with Gasteiger partial charge in [-0.1, -0.05) is 0 Å². The molecule has 0 aromatic carbocycles. The molecule has 0 saturated carbocycles. The van der Waals surface area contributed by atoms with Crippen molar-refractivity contribution in [3.8, 4) is 0 Å². The molecular weight excluding hydrogens is 168 g/mol. The highest BCUT2D eigenvalue weighted by Gasteiger charge is 1.99. The second-order valence-electron chi connectivity index (χ2n) is 2.48. The summed E-state index contributed by atoms with van der Waals surface area (Å²) < 4.78 is 5.15. The maximum atomic E-state index is 5.15. The predicted octanol–water partition coefficient (Wildman–Crippen LogP) is 1.14. The van der Waals surface area contributed by atoms with E-state index in [0.29, 0.717) is 0 Å². The normalized spacial score (nSPS) is 11.9. The summed E-state index contributed by atoms with van der Waals surface area (Å²) in [6.45, 7) is 1.85. The molecule has 0 spiro atoms. The summed E-state index contributed by atoms with van der Waals surface area (Å²) in [5, 5.41) is 7.97. The first-order chi connectivity index (χ1) is 6.36. The van der Waals surface area contributed by atoms with Gasteiger partial charge in [0.2, 0.25) is 0 Å². The van der Waals surface area contributed by atoms with Gasteiger partial charge in [0.1, 0.15) is 24.1 Å². The Hall–Kier alpha value is -1.91. The van der Waals surface area contributed by atoms with Gasteiger partial charge in [-0.15, -0.1) is 9.89 Å². The third-order valence-electron chi connectivity index (χ3n) is 1.54. The molecule has 0 aliphatic rings. The molecule has 0 atom stereocenters. The van der Waals surface area contributed by atoms with Gasteiger partial charge in [-0.05, 0) is 19.1 Å². The van der Waals surface area contributed by atoms with Gasteiger partial charge in [-0.25, -0.2) is 4.98 Å². The summed E-state index contributed by atoms with van der Waals surface area (Å²) in [5.74, 6) is 0.732. The lowest BCUT2D eigenvalue weighted by Gasteiger charge is -1.93. The fourth-order valence-corrected chi connectivity index (χ4v) is 0.941. The molecule has 2 rings (SSSR count). The lowest BCUT2D eigenvalue weighted by Crippen LogP contribution is -1.98. The van der Waals surface area contributed by atoms with E-state index in [9.17, 15) is 0 Å². The second-order valence-corrected chi connectivity index (χ2v) is 2.48. The molecule has 0 radical (unpaired) electrons. The zero-order valence-electron chi connectivity index (χ0n) is 7.08. The lowest BCUT2D eigenvalue weighted by molar-refractivity contribution is 0.555. The molecule has 0 aliphatic heterocycles. The van der Waals surface area contributed by atoms with Crippen LogP contribution < -0.4 is 0 Å². The first-order valence-electron chi connectivity index (χ1n) is 3.80. The summed E-state index contributed by atoms with van der Waals surface area (Å²) in [4.78, 5) is 5.16. The maximum absolute atomic E-state index is 5.15. The number of hydrogen-bond donors (Lipinski definition) is 0. The number of aromatic nitrogens is 3. The highest BCUT2D eigenvalue weighted by Crippen LogP contribution is 2.01. The van der Waals surface area contributed by atoms with E-state index >= 15 is 0 Å². The Balaban J connectivity index is 2.27. The minimum absolute atomic E-state index is 0.732. The topological polar surface area (TPSA) is 56.2 Å². The molecular formula is C8H8N4O. The fourth-order valence-electron chi connectivity index (χ4n) is 0.941. The molecule has 0 saturated heterocycles. The van der Waals surface area contributed by atoms with Gasteiger partial charge in [0.25, 0.3) is 0 Å². The Bertz CT molecular complexity index is 388. The Morgan fingerprint density at radius 1 is 1.62 bits per heavy atom. The molecule has 0 unspecified atom stereocenters. The number of nitrogens with zero attached hydrogens (tertiary/aromatic N) is 4. The molecule has 2 aromatic heterocycles. The third kappa shape index (κ3) is 1.64. The number of hydrogen-bond acceptors (Lipinski definition) is 4. The van der Waals surface area contributed by atoms with Gasteiger partial charge in [0.05, 0.1) is 6.26 Å². The SMILES string of the molecule is C/C(=N/n1cncn1)c1ccco1. The Kier molecular flexibility index (Phi) is 1.91. The summed E-state index contributed by atoms with van der Waals surface area (Å²) in [5.41, 5.74) is 0.760. The molecule has 66 valence electrons.